The number of aliphatic hydroxyl groups is 1. The normalized spacial score (nSPS) is 16.2. The van der Waals surface area contributed by atoms with Crippen LogP contribution < -0.4 is 9.47 Å². The lowest BCUT2D eigenvalue weighted by Crippen LogP contribution is -2.35. The number of nitrogens with zero attached hydrogens (tertiary/aromatic N) is 2. The summed E-state index contributed by atoms with van der Waals surface area (Å²) in [6.45, 7) is 9.12. The van der Waals surface area contributed by atoms with Crippen LogP contribution in [0.15, 0.2) is 29.5 Å². The van der Waals surface area contributed by atoms with Crippen molar-refractivity contribution in [3.8, 4) is 11.5 Å². The van der Waals surface area contributed by atoms with E-state index in [1.165, 1.54) is 6.92 Å². The minimum Gasteiger partial charge on any atom is -0.503 e. The fraction of sp³-hybridized carbons (Fsp3) is 0.600. The lowest BCUT2D eigenvalue weighted by Gasteiger charge is -2.29. The molecule has 1 aliphatic heterocycles. The van der Waals surface area contributed by atoms with E-state index in [1.54, 1.807) is 37.3 Å². The van der Waals surface area contributed by atoms with Crippen molar-refractivity contribution < 1.29 is 24.2 Å². The van der Waals surface area contributed by atoms with Gasteiger partial charge in [-0.25, -0.2) is 0 Å². The van der Waals surface area contributed by atoms with Crippen molar-refractivity contribution in [2.45, 2.75) is 58.9 Å². The van der Waals surface area contributed by atoms with E-state index in [0.29, 0.717) is 23.6 Å². The van der Waals surface area contributed by atoms with Crippen LogP contribution in [-0.2, 0) is 9.59 Å². The average Bonchev–Trinajstić information content (AvgIpc) is 3.04. The first-order valence-corrected chi connectivity index (χ1v) is 11.6. The van der Waals surface area contributed by atoms with Crippen molar-refractivity contribution in [1.29, 1.82) is 0 Å². The van der Waals surface area contributed by atoms with Crippen LogP contribution in [0.4, 0.5) is 0 Å². The largest absolute Gasteiger partial charge is 0.503 e. The lowest BCUT2D eigenvalue weighted by atomic mass is 9.95. The van der Waals surface area contributed by atoms with E-state index in [1.807, 2.05) is 0 Å². The lowest BCUT2D eigenvalue weighted by molar-refractivity contribution is -0.129. The summed E-state index contributed by atoms with van der Waals surface area (Å²) < 4.78 is 10.9. The molecule has 0 radical (unpaired) electrons. The molecule has 1 atom stereocenters. The van der Waals surface area contributed by atoms with E-state index < -0.39 is 17.7 Å². The number of Topliss-reactive ketones (excluding diaryl/α,β-unsaturated/α-hetero) is 1. The monoisotopic (exact) mass is 446 g/mol. The van der Waals surface area contributed by atoms with Gasteiger partial charge in [-0.3, -0.25) is 9.59 Å². The summed E-state index contributed by atoms with van der Waals surface area (Å²) in [7, 11) is 3.10. The highest BCUT2D eigenvalue weighted by molar-refractivity contribution is 6.08. The molecule has 1 unspecified atom stereocenters. The van der Waals surface area contributed by atoms with Gasteiger partial charge in [0.15, 0.2) is 11.5 Å². The Hall–Kier alpha value is -2.54. The molecule has 0 saturated carbocycles. The van der Waals surface area contributed by atoms with Crippen LogP contribution in [0.2, 0.25) is 0 Å². The van der Waals surface area contributed by atoms with Gasteiger partial charge in [-0.15, -0.1) is 0 Å². The van der Waals surface area contributed by atoms with E-state index in [9.17, 15) is 14.7 Å². The Bertz CT molecular complexity index is 813. The Kier molecular flexibility index (Phi) is 10.0. The van der Waals surface area contributed by atoms with Crippen molar-refractivity contribution in [1.82, 2.24) is 9.80 Å². The average molecular weight is 447 g/mol. The number of amides is 1. The molecule has 178 valence electrons. The van der Waals surface area contributed by atoms with Crippen LogP contribution in [0.25, 0.3) is 0 Å². The number of ether oxygens (including phenoxy) is 2. The molecule has 0 fully saturated rings. The van der Waals surface area contributed by atoms with Crippen LogP contribution in [-0.4, -0.2) is 67.0 Å². The van der Waals surface area contributed by atoms with E-state index >= 15 is 0 Å². The molecule has 0 aromatic heterocycles. The quantitative estimate of drug-likeness (QED) is 0.459. The van der Waals surface area contributed by atoms with Gasteiger partial charge in [-0.2, -0.15) is 0 Å². The molecule has 1 N–H and O–H groups in total. The van der Waals surface area contributed by atoms with Crippen LogP contribution in [0.3, 0.4) is 0 Å². The van der Waals surface area contributed by atoms with Crippen LogP contribution >= 0.6 is 0 Å². The number of hydrogen-bond acceptors (Lipinski definition) is 6. The summed E-state index contributed by atoms with van der Waals surface area (Å²) in [6.07, 6.45) is 5.33. The van der Waals surface area contributed by atoms with Crippen molar-refractivity contribution in [3.63, 3.8) is 0 Å². The molecule has 1 aliphatic rings. The Balaban J connectivity index is 2.29. The number of carbonyl (C=O) groups excluding carboxylic acids is 2. The smallest absolute Gasteiger partial charge is 0.290 e. The number of aliphatic hydroxyl groups excluding tert-OH is 1. The number of unbranched alkanes of at least 4 members (excludes halogenated alkanes) is 2. The zero-order valence-corrected chi connectivity index (χ0v) is 20.1. The number of benzene rings is 1. The first kappa shape index (κ1) is 25.7. The zero-order chi connectivity index (χ0) is 23.7. The van der Waals surface area contributed by atoms with Gasteiger partial charge in [0.2, 0.25) is 0 Å². The first-order chi connectivity index (χ1) is 15.4. The molecule has 2 rings (SSSR count). The molecule has 0 aliphatic carbocycles. The molecule has 7 heteroatoms. The van der Waals surface area contributed by atoms with Crippen LogP contribution in [0.5, 0.6) is 11.5 Å². The predicted molar refractivity (Wildman–Crippen MR) is 125 cm³/mol. The molecule has 0 saturated heterocycles. The second kappa shape index (κ2) is 12.5. The molecule has 1 aromatic rings. The van der Waals surface area contributed by atoms with Gasteiger partial charge < -0.3 is 24.4 Å². The van der Waals surface area contributed by atoms with E-state index in [2.05, 4.69) is 18.7 Å². The van der Waals surface area contributed by atoms with Crippen molar-refractivity contribution in [2.75, 3.05) is 40.4 Å². The fourth-order valence-electron chi connectivity index (χ4n) is 4.18. The minimum absolute atomic E-state index is 0.107. The SMILES string of the molecule is CCCCN(CCCC)CCCN1C(=O)C(O)=C(C(C)=O)C1c1cc(OC)ccc1OC. The van der Waals surface area contributed by atoms with Gasteiger partial charge in [-0.1, -0.05) is 26.7 Å². The van der Waals surface area contributed by atoms with E-state index in [0.717, 1.165) is 51.7 Å². The highest BCUT2D eigenvalue weighted by atomic mass is 16.5. The summed E-state index contributed by atoms with van der Waals surface area (Å²) in [5.74, 6) is -0.192. The standard InChI is InChI=1S/C25H38N2O5/c1-6-8-13-26(14-9-7-2)15-10-16-27-23(22(18(3)28)24(29)25(27)30)20-17-19(31-4)11-12-21(20)32-5/h11-12,17,23,29H,6-10,13-16H2,1-5H3. The van der Waals surface area contributed by atoms with Crippen molar-refractivity contribution >= 4 is 11.7 Å². The zero-order valence-electron chi connectivity index (χ0n) is 20.1. The maximum atomic E-state index is 13.0. The topological polar surface area (TPSA) is 79.3 Å². The number of hydrogen-bond donors (Lipinski definition) is 1. The van der Waals surface area contributed by atoms with Gasteiger partial charge in [0.25, 0.3) is 5.91 Å². The minimum atomic E-state index is -0.704. The molecule has 0 bridgehead atoms. The Morgan fingerprint density at radius 3 is 2.22 bits per heavy atom. The number of rotatable bonds is 14. The van der Waals surface area contributed by atoms with Gasteiger partial charge in [-0.05, 0) is 64.0 Å². The summed E-state index contributed by atoms with van der Waals surface area (Å²) in [5.41, 5.74) is 0.735. The third kappa shape index (κ3) is 6.03. The second-order valence-electron chi connectivity index (χ2n) is 8.23. The first-order valence-electron chi connectivity index (χ1n) is 11.6. The van der Waals surface area contributed by atoms with E-state index in [-0.39, 0.29) is 11.4 Å². The third-order valence-corrected chi connectivity index (χ3v) is 5.94. The summed E-state index contributed by atoms with van der Waals surface area (Å²) in [5, 5.41) is 10.5. The molecule has 7 nitrogen and oxygen atoms in total. The van der Waals surface area contributed by atoms with Crippen molar-refractivity contribution in [3.05, 3.63) is 35.1 Å². The van der Waals surface area contributed by atoms with Gasteiger partial charge in [0, 0.05) is 12.1 Å². The maximum Gasteiger partial charge on any atom is 0.290 e. The number of carbonyl (C=O) groups is 2. The molecule has 0 spiro atoms. The van der Waals surface area contributed by atoms with Crippen molar-refractivity contribution in [2.24, 2.45) is 0 Å². The fourth-order valence-corrected chi connectivity index (χ4v) is 4.18. The van der Waals surface area contributed by atoms with Crippen LogP contribution in [0, 0.1) is 0 Å². The Labute approximate surface area is 192 Å². The summed E-state index contributed by atoms with van der Waals surface area (Å²) >= 11 is 0. The number of methoxy groups -OCH3 is 2. The predicted octanol–water partition coefficient (Wildman–Crippen LogP) is 4.28. The summed E-state index contributed by atoms with van der Waals surface area (Å²) in [6, 6.07) is 4.57. The molecule has 32 heavy (non-hydrogen) atoms. The van der Waals surface area contributed by atoms with Crippen LogP contribution in [0.1, 0.15) is 64.5 Å². The Morgan fingerprint density at radius 1 is 1.06 bits per heavy atom. The molecular weight excluding hydrogens is 408 g/mol. The second-order valence-corrected chi connectivity index (χ2v) is 8.23. The molecular formula is C25H38N2O5. The molecule has 1 heterocycles. The third-order valence-electron chi connectivity index (χ3n) is 5.94. The Morgan fingerprint density at radius 2 is 1.69 bits per heavy atom. The maximum absolute atomic E-state index is 13.0. The molecule has 1 aromatic carbocycles. The summed E-state index contributed by atoms with van der Waals surface area (Å²) in [4.78, 5) is 29.4. The van der Waals surface area contributed by atoms with Gasteiger partial charge in [0.05, 0.1) is 25.8 Å². The van der Waals surface area contributed by atoms with Gasteiger partial charge in [0.1, 0.15) is 11.5 Å². The van der Waals surface area contributed by atoms with Gasteiger partial charge >= 0.3 is 0 Å². The highest BCUT2D eigenvalue weighted by Gasteiger charge is 2.43. The van der Waals surface area contributed by atoms with E-state index in [4.69, 9.17) is 9.47 Å². The highest BCUT2D eigenvalue weighted by Crippen LogP contribution is 2.42. The molecule has 1 amide bonds. The number of ketones is 1.